The number of ether oxygens (including phenoxy) is 2. The van der Waals surface area contributed by atoms with E-state index in [9.17, 15) is 18.0 Å². The van der Waals surface area contributed by atoms with Crippen LogP contribution in [0.5, 0.6) is 11.5 Å². The minimum absolute atomic E-state index is 0.0183. The number of carbonyl (C=O) groups excluding carboxylic acids is 1. The molecular weight excluding hydrogens is 423 g/mol. The molecule has 0 saturated carbocycles. The number of hydrogen-bond acceptors (Lipinski definition) is 5. The molecule has 0 bridgehead atoms. The fourth-order valence-corrected chi connectivity index (χ4v) is 3.90. The third-order valence-corrected chi connectivity index (χ3v) is 5.52. The van der Waals surface area contributed by atoms with Gasteiger partial charge in [-0.2, -0.15) is 13.2 Å². The topological polar surface area (TPSA) is 54.4 Å². The van der Waals surface area contributed by atoms with Gasteiger partial charge in [-0.3, -0.25) is 4.79 Å². The highest BCUT2D eigenvalue weighted by atomic mass is 19.4. The maximum absolute atomic E-state index is 13.3. The zero-order valence-electron chi connectivity index (χ0n) is 17.9. The first-order valence-electron chi connectivity index (χ1n) is 10.4. The molecule has 0 atom stereocenters. The second-order valence-corrected chi connectivity index (χ2v) is 7.87. The van der Waals surface area contributed by atoms with Crippen LogP contribution in [-0.4, -0.2) is 61.4 Å². The van der Waals surface area contributed by atoms with Crippen LogP contribution in [0.3, 0.4) is 0 Å². The van der Waals surface area contributed by atoms with Gasteiger partial charge in [-0.15, -0.1) is 0 Å². The Morgan fingerprint density at radius 1 is 1.09 bits per heavy atom. The molecule has 6 nitrogen and oxygen atoms in total. The molecule has 2 aromatic carbocycles. The highest BCUT2D eigenvalue weighted by Gasteiger charge is 2.32. The Morgan fingerprint density at radius 3 is 2.62 bits per heavy atom. The molecule has 0 N–H and O–H groups in total. The van der Waals surface area contributed by atoms with Crippen molar-refractivity contribution in [2.75, 3.05) is 39.9 Å². The molecule has 0 aliphatic carbocycles. The Kier molecular flexibility index (Phi) is 6.10. The molecule has 0 unspecified atom stereocenters. The summed E-state index contributed by atoms with van der Waals surface area (Å²) in [6, 6.07) is 8.93. The number of rotatable bonds is 2. The van der Waals surface area contributed by atoms with E-state index in [4.69, 9.17) is 9.47 Å². The SMILES string of the molecule is COCC(=O)N1CCCN(C2=Nc3cc(C(F)(F)F)ccc3Oc3ccc(C)cc32)CC1. The van der Waals surface area contributed by atoms with E-state index in [-0.39, 0.29) is 24.0 Å². The van der Waals surface area contributed by atoms with E-state index in [1.807, 2.05) is 24.0 Å². The average molecular weight is 447 g/mol. The van der Waals surface area contributed by atoms with Crippen molar-refractivity contribution in [3.63, 3.8) is 0 Å². The summed E-state index contributed by atoms with van der Waals surface area (Å²) in [4.78, 5) is 20.7. The number of aryl methyl sites for hydroxylation is 1. The molecule has 1 amide bonds. The minimum atomic E-state index is -4.48. The molecule has 32 heavy (non-hydrogen) atoms. The highest BCUT2D eigenvalue weighted by molar-refractivity contribution is 6.04. The van der Waals surface area contributed by atoms with E-state index < -0.39 is 11.7 Å². The van der Waals surface area contributed by atoms with Gasteiger partial charge < -0.3 is 19.3 Å². The summed E-state index contributed by atoms with van der Waals surface area (Å²) in [5, 5.41) is 0. The van der Waals surface area contributed by atoms with Gasteiger partial charge in [-0.1, -0.05) is 11.6 Å². The number of amides is 1. The highest BCUT2D eigenvalue weighted by Crippen LogP contribution is 2.42. The average Bonchev–Trinajstić information content (AvgIpc) is 3.07. The minimum Gasteiger partial charge on any atom is -0.454 e. The van der Waals surface area contributed by atoms with Crippen LogP contribution in [0.25, 0.3) is 0 Å². The number of fused-ring (bicyclic) bond motifs is 2. The van der Waals surface area contributed by atoms with Gasteiger partial charge in [-0.05, 0) is 43.7 Å². The number of halogens is 3. The normalized spacial score (nSPS) is 16.3. The quantitative estimate of drug-likeness (QED) is 0.686. The van der Waals surface area contributed by atoms with Crippen molar-refractivity contribution in [2.24, 2.45) is 4.99 Å². The van der Waals surface area contributed by atoms with Crippen molar-refractivity contribution in [1.82, 2.24) is 9.80 Å². The second-order valence-electron chi connectivity index (χ2n) is 7.87. The predicted octanol–water partition coefficient (Wildman–Crippen LogP) is 4.38. The number of alkyl halides is 3. The van der Waals surface area contributed by atoms with Crippen molar-refractivity contribution < 1.29 is 27.4 Å². The number of methoxy groups -OCH3 is 1. The van der Waals surface area contributed by atoms with Crippen molar-refractivity contribution in [3.8, 4) is 11.5 Å². The molecule has 2 aliphatic rings. The van der Waals surface area contributed by atoms with Crippen molar-refractivity contribution in [1.29, 1.82) is 0 Å². The standard InChI is InChI=1S/C23H24F3N3O3/c1-15-4-6-19-17(12-15)22(29-9-3-8-28(10-11-29)21(30)14-31-2)27-18-13-16(23(24,25)26)5-7-20(18)32-19/h4-7,12-13H,3,8-11,14H2,1-2H3. The monoisotopic (exact) mass is 447 g/mol. The van der Waals surface area contributed by atoms with E-state index in [0.29, 0.717) is 49.7 Å². The molecule has 1 fully saturated rings. The molecule has 170 valence electrons. The van der Waals surface area contributed by atoms with E-state index in [1.54, 1.807) is 11.0 Å². The van der Waals surface area contributed by atoms with E-state index in [0.717, 1.165) is 17.7 Å². The van der Waals surface area contributed by atoms with Crippen molar-refractivity contribution >= 4 is 17.4 Å². The van der Waals surface area contributed by atoms with Crippen LogP contribution in [-0.2, 0) is 15.7 Å². The van der Waals surface area contributed by atoms with Crippen LogP contribution < -0.4 is 4.74 Å². The predicted molar refractivity (Wildman–Crippen MR) is 114 cm³/mol. The van der Waals surface area contributed by atoms with Gasteiger partial charge in [0.15, 0.2) is 5.75 Å². The molecule has 1 saturated heterocycles. The summed E-state index contributed by atoms with van der Waals surface area (Å²) in [6.07, 6.45) is -3.78. The first-order chi connectivity index (χ1) is 15.3. The number of nitrogens with zero attached hydrogens (tertiary/aromatic N) is 3. The molecule has 2 aliphatic heterocycles. The molecular formula is C23H24F3N3O3. The summed E-state index contributed by atoms with van der Waals surface area (Å²) in [7, 11) is 1.48. The van der Waals surface area contributed by atoms with Gasteiger partial charge in [0.2, 0.25) is 5.91 Å². The van der Waals surface area contributed by atoms with Crippen molar-refractivity contribution in [2.45, 2.75) is 19.5 Å². The maximum Gasteiger partial charge on any atom is 0.416 e. The Labute approximate surface area is 184 Å². The lowest BCUT2D eigenvalue weighted by molar-refractivity contribution is -0.137. The molecule has 0 radical (unpaired) electrons. The van der Waals surface area contributed by atoms with Gasteiger partial charge in [-0.25, -0.2) is 4.99 Å². The smallest absolute Gasteiger partial charge is 0.416 e. The Balaban J connectivity index is 1.74. The van der Waals surface area contributed by atoms with Gasteiger partial charge in [0, 0.05) is 33.3 Å². The van der Waals surface area contributed by atoms with E-state index in [1.165, 1.54) is 13.2 Å². The van der Waals surface area contributed by atoms with Crippen LogP contribution in [0.1, 0.15) is 23.1 Å². The zero-order valence-corrected chi connectivity index (χ0v) is 17.9. The van der Waals surface area contributed by atoms with Gasteiger partial charge in [0.1, 0.15) is 23.9 Å². The number of benzene rings is 2. The Hall–Kier alpha value is -3.07. The molecule has 9 heteroatoms. The summed E-state index contributed by atoms with van der Waals surface area (Å²) < 4.78 is 50.9. The van der Waals surface area contributed by atoms with E-state index in [2.05, 4.69) is 4.99 Å². The first-order valence-corrected chi connectivity index (χ1v) is 10.4. The fourth-order valence-electron chi connectivity index (χ4n) is 3.90. The van der Waals surface area contributed by atoms with Crippen LogP contribution in [0.4, 0.5) is 18.9 Å². The van der Waals surface area contributed by atoms with Crippen LogP contribution in [0.15, 0.2) is 41.4 Å². The van der Waals surface area contributed by atoms with Crippen molar-refractivity contribution in [3.05, 3.63) is 53.1 Å². The van der Waals surface area contributed by atoms with Gasteiger partial charge >= 0.3 is 6.18 Å². The molecule has 2 aromatic rings. The molecule has 0 aromatic heterocycles. The van der Waals surface area contributed by atoms with Crippen LogP contribution in [0.2, 0.25) is 0 Å². The third kappa shape index (κ3) is 4.57. The number of amidine groups is 1. The summed E-state index contributed by atoms with van der Waals surface area (Å²) >= 11 is 0. The third-order valence-electron chi connectivity index (χ3n) is 5.52. The lowest BCUT2D eigenvalue weighted by atomic mass is 10.1. The summed E-state index contributed by atoms with van der Waals surface area (Å²) in [6.45, 7) is 4.11. The molecule has 2 heterocycles. The zero-order chi connectivity index (χ0) is 22.9. The largest absolute Gasteiger partial charge is 0.454 e. The first kappa shape index (κ1) is 22.1. The summed E-state index contributed by atoms with van der Waals surface area (Å²) in [5.74, 6) is 1.26. The number of hydrogen-bond donors (Lipinski definition) is 0. The lowest BCUT2D eigenvalue weighted by Gasteiger charge is -2.25. The summed E-state index contributed by atoms with van der Waals surface area (Å²) in [5.41, 5.74) is 1.04. The van der Waals surface area contributed by atoms with Gasteiger partial charge in [0.05, 0.1) is 11.1 Å². The van der Waals surface area contributed by atoms with Gasteiger partial charge in [0.25, 0.3) is 0 Å². The Bertz CT molecular complexity index is 1050. The fraction of sp³-hybridized carbons (Fsp3) is 0.391. The lowest BCUT2D eigenvalue weighted by Crippen LogP contribution is -2.39. The Morgan fingerprint density at radius 2 is 1.88 bits per heavy atom. The number of aliphatic imine (C=N–C) groups is 1. The van der Waals surface area contributed by atoms with Crippen LogP contribution >= 0.6 is 0 Å². The van der Waals surface area contributed by atoms with Crippen LogP contribution in [0, 0.1) is 6.92 Å². The molecule has 4 rings (SSSR count). The maximum atomic E-state index is 13.3. The molecule has 0 spiro atoms. The number of carbonyl (C=O) groups is 1. The van der Waals surface area contributed by atoms with E-state index >= 15 is 0 Å². The second kappa shape index (κ2) is 8.82.